The fourth-order valence-corrected chi connectivity index (χ4v) is 7.77. The van der Waals surface area contributed by atoms with Gasteiger partial charge in [0.15, 0.2) is 29.5 Å². The van der Waals surface area contributed by atoms with Crippen molar-refractivity contribution in [2.75, 3.05) is 0 Å². The molecule has 1 aliphatic rings. The first-order valence-electron chi connectivity index (χ1n) is 8.65. The van der Waals surface area contributed by atoms with E-state index in [2.05, 4.69) is 60.2 Å². The molecular formula is C17H15F9FeO6S3. The van der Waals surface area contributed by atoms with E-state index in [0.717, 1.165) is 6.42 Å². The summed E-state index contributed by atoms with van der Waals surface area (Å²) < 4.78 is 169. The zero-order valence-electron chi connectivity index (χ0n) is 17.7. The van der Waals surface area contributed by atoms with Gasteiger partial charge in [-0.25, -0.2) is 0 Å². The molecule has 1 aliphatic carbocycles. The molecule has 1 aromatic rings. The Kier molecular flexibility index (Phi) is 11.4. The van der Waals surface area contributed by atoms with Crippen molar-refractivity contribution in [1.82, 2.24) is 0 Å². The number of rotatable bonds is 3. The van der Waals surface area contributed by atoms with Crippen LogP contribution in [0.4, 0.5) is 39.5 Å². The SMILES string of the molecule is Cc1ccccc1C.O=S(=O)([C-](S(=O)(=O)C(F)(F)F)S(=O)(=O)C(F)(F)F)C(F)(F)F.[Fe+][C]1=CC=CC1. The standard InChI is InChI=1S/C8H10.C5H5.C4F9O6S3.Fe/c1-7-5-3-4-6-8(7)2;1-2-4-5-3-1;5-2(6,7)20(14,15)1(21(16,17)3(8,9)10)22(18,19)4(11,12)13;/h3-6H,1-2H3;1-3H,4H2;;/q;;-1;+1. The van der Waals surface area contributed by atoms with Crippen molar-refractivity contribution in [2.45, 2.75) is 36.8 Å². The number of hydrogen-bond acceptors (Lipinski definition) is 6. The summed E-state index contributed by atoms with van der Waals surface area (Å²) in [5.74, 6) is 0. The Morgan fingerprint density at radius 1 is 0.694 bits per heavy atom. The zero-order valence-corrected chi connectivity index (χ0v) is 21.2. The van der Waals surface area contributed by atoms with Gasteiger partial charge in [0.2, 0.25) is 0 Å². The van der Waals surface area contributed by atoms with E-state index >= 15 is 0 Å². The van der Waals surface area contributed by atoms with E-state index in [4.69, 9.17) is 0 Å². The van der Waals surface area contributed by atoms with Gasteiger partial charge < -0.3 is 0 Å². The van der Waals surface area contributed by atoms with Gasteiger partial charge in [-0.15, -0.1) is 0 Å². The van der Waals surface area contributed by atoms with Gasteiger partial charge in [-0.1, -0.05) is 24.3 Å². The van der Waals surface area contributed by atoms with Crippen molar-refractivity contribution < 1.29 is 80.8 Å². The van der Waals surface area contributed by atoms with Gasteiger partial charge in [-0.2, -0.15) is 39.5 Å². The van der Waals surface area contributed by atoms with E-state index in [9.17, 15) is 64.8 Å². The van der Waals surface area contributed by atoms with Crippen LogP contribution in [0.2, 0.25) is 0 Å². The van der Waals surface area contributed by atoms with Crippen molar-refractivity contribution in [3.63, 3.8) is 0 Å². The Labute approximate surface area is 208 Å². The Hall–Kier alpha value is -1.56. The monoisotopic (exact) mass is 638 g/mol. The second kappa shape index (κ2) is 11.9. The molecule has 208 valence electrons. The topological polar surface area (TPSA) is 102 Å². The molecule has 0 spiro atoms. The van der Waals surface area contributed by atoms with Crippen LogP contribution in [0.5, 0.6) is 0 Å². The summed E-state index contributed by atoms with van der Waals surface area (Å²) >= 11 is 3.74. The summed E-state index contributed by atoms with van der Waals surface area (Å²) in [5, 5.41) is 0. The molecule has 6 nitrogen and oxygen atoms in total. The average Bonchev–Trinajstić information content (AvgIpc) is 3.13. The molecule has 0 fully saturated rings. The number of halogens is 9. The second-order valence-corrected chi connectivity index (χ2v) is 13.5. The van der Waals surface area contributed by atoms with E-state index in [1.807, 2.05) is 12.2 Å². The molecule has 0 aromatic heterocycles. The third kappa shape index (κ3) is 8.49. The summed E-state index contributed by atoms with van der Waals surface area (Å²) in [6.07, 6.45) is 7.21. The number of sulfone groups is 3. The van der Waals surface area contributed by atoms with E-state index < -0.39 is 50.0 Å². The van der Waals surface area contributed by atoms with Gasteiger partial charge in [0.05, 0.1) is 3.91 Å². The first kappa shape index (κ1) is 34.4. The maximum absolute atomic E-state index is 12.0. The van der Waals surface area contributed by atoms with Crippen LogP contribution < -0.4 is 0 Å². The molecule has 0 atom stereocenters. The minimum atomic E-state index is -8.02. The summed E-state index contributed by atoms with van der Waals surface area (Å²) in [6.45, 7) is 4.24. The fraction of sp³-hybridized carbons (Fsp3) is 0.353. The van der Waals surface area contributed by atoms with Gasteiger partial charge in [-0.05, 0) is 25.0 Å². The van der Waals surface area contributed by atoms with Crippen molar-refractivity contribution in [1.29, 1.82) is 0 Å². The fourth-order valence-electron chi connectivity index (χ4n) is 1.80. The number of benzene rings is 1. The average molecular weight is 638 g/mol. The van der Waals surface area contributed by atoms with Crippen LogP contribution in [0.3, 0.4) is 0 Å². The van der Waals surface area contributed by atoms with Crippen LogP contribution in [0, 0.1) is 17.8 Å². The van der Waals surface area contributed by atoms with Crippen molar-refractivity contribution in [3.8, 4) is 0 Å². The first-order valence-corrected chi connectivity index (χ1v) is 13.6. The number of aryl methyl sites for hydroxylation is 2. The predicted molar refractivity (Wildman–Crippen MR) is 106 cm³/mol. The number of alkyl halides is 9. The number of allylic oxidation sites excluding steroid dienone is 4. The molecule has 0 aliphatic heterocycles. The summed E-state index contributed by atoms with van der Waals surface area (Å²) in [6, 6.07) is 8.36. The normalized spacial score (nSPS) is 15.0. The third-order valence-corrected chi connectivity index (χ3v) is 11.2. The molecule has 0 saturated heterocycles. The van der Waals surface area contributed by atoms with Crippen LogP contribution >= 0.6 is 0 Å². The molecule has 0 heterocycles. The molecule has 0 saturated carbocycles. The Balaban J connectivity index is 0.000000695. The van der Waals surface area contributed by atoms with Crippen molar-refractivity contribution >= 4 is 29.5 Å². The predicted octanol–water partition coefficient (Wildman–Crippen LogP) is 4.92. The van der Waals surface area contributed by atoms with E-state index in [0.29, 0.717) is 0 Å². The van der Waals surface area contributed by atoms with Gasteiger partial charge in [0.1, 0.15) is 0 Å². The first-order chi connectivity index (χ1) is 15.8. The van der Waals surface area contributed by atoms with E-state index in [1.54, 1.807) is 0 Å². The van der Waals surface area contributed by atoms with Crippen LogP contribution in [0.1, 0.15) is 17.5 Å². The molecule has 1 aromatic carbocycles. The van der Waals surface area contributed by atoms with Gasteiger partial charge >= 0.3 is 61.7 Å². The molecule has 19 heteroatoms. The second-order valence-electron chi connectivity index (χ2n) is 6.41. The van der Waals surface area contributed by atoms with Crippen LogP contribution in [-0.4, -0.2) is 41.8 Å². The summed E-state index contributed by atoms with van der Waals surface area (Å²) in [4.78, 5) is 0. The molecule has 0 bridgehead atoms. The Morgan fingerprint density at radius 2 is 1.00 bits per heavy atom. The zero-order chi connectivity index (χ0) is 29.0. The van der Waals surface area contributed by atoms with Crippen molar-refractivity contribution in [3.05, 3.63) is 62.0 Å². The minimum absolute atomic E-state index is 1.06. The van der Waals surface area contributed by atoms with Gasteiger partial charge in [0, 0.05) is 0 Å². The Bertz CT molecular complexity index is 1170. The van der Waals surface area contributed by atoms with E-state index in [-0.39, 0.29) is 0 Å². The molecule has 0 radical (unpaired) electrons. The van der Waals surface area contributed by atoms with Gasteiger partial charge in [-0.3, -0.25) is 25.3 Å². The third-order valence-electron chi connectivity index (χ3n) is 3.71. The molecule has 0 unspecified atom stereocenters. The van der Waals surface area contributed by atoms with Crippen LogP contribution in [0.15, 0.2) is 47.0 Å². The molecular weight excluding hydrogens is 623 g/mol. The molecule has 36 heavy (non-hydrogen) atoms. The van der Waals surface area contributed by atoms with Crippen LogP contribution in [-0.2, 0) is 45.5 Å². The summed E-state index contributed by atoms with van der Waals surface area (Å²) in [5.41, 5.74) is -18.4. The maximum atomic E-state index is 12.0. The summed E-state index contributed by atoms with van der Waals surface area (Å²) in [7, 11) is -24.1. The molecule has 0 amide bonds. The van der Waals surface area contributed by atoms with Crippen molar-refractivity contribution in [2.24, 2.45) is 0 Å². The Morgan fingerprint density at radius 3 is 1.14 bits per heavy atom. The quantitative estimate of drug-likeness (QED) is 0.265. The number of hydrogen-bond donors (Lipinski definition) is 0. The molecule has 2 rings (SSSR count). The molecule has 0 N–H and O–H groups in total. The van der Waals surface area contributed by atoms with E-state index in [1.165, 1.54) is 15.6 Å². The van der Waals surface area contributed by atoms with Gasteiger partial charge in [0.25, 0.3) is 0 Å². The van der Waals surface area contributed by atoms with Crippen LogP contribution in [0.25, 0.3) is 0 Å².